The second-order valence-electron chi connectivity index (χ2n) is 11.8. The van der Waals surface area contributed by atoms with Crippen LogP contribution in [0.25, 0.3) is 0 Å². The molecule has 0 spiro atoms. The molecule has 38 heavy (non-hydrogen) atoms. The highest BCUT2D eigenvalue weighted by atomic mass is 32.1. The van der Waals surface area contributed by atoms with Crippen LogP contribution in [0.5, 0.6) is 5.75 Å². The van der Waals surface area contributed by atoms with Gasteiger partial charge in [0.2, 0.25) is 11.8 Å². The minimum Gasteiger partial charge on any atom is -0.487 e. The van der Waals surface area contributed by atoms with Crippen molar-refractivity contribution >= 4 is 35.0 Å². The number of thiazole rings is 1. The molecule has 1 aromatic heterocycles. The number of amides is 4. The minimum atomic E-state index is -0.672. The molecule has 2 aliphatic heterocycles. The summed E-state index contributed by atoms with van der Waals surface area (Å²) >= 11 is 1.33. The average molecular weight is 535 g/mol. The average Bonchev–Trinajstić information content (AvgIpc) is 3.47. The van der Waals surface area contributed by atoms with Gasteiger partial charge < -0.3 is 15.0 Å². The van der Waals surface area contributed by atoms with Gasteiger partial charge in [0.15, 0.2) is 5.01 Å². The highest BCUT2D eigenvalue weighted by molar-refractivity contribution is 7.11. The summed E-state index contributed by atoms with van der Waals surface area (Å²) in [6.45, 7) is 0.413. The SMILES string of the molecule is O=C1CCC(N2Cc3c(OCc4csc(C(=O)NC56CC7CC(CC(C7)C5)C6)n4)cccc3C2=O)C(=O)N1. The van der Waals surface area contributed by atoms with Crippen LogP contribution in [0.4, 0.5) is 0 Å². The summed E-state index contributed by atoms with van der Waals surface area (Å²) in [5.74, 6) is 1.75. The van der Waals surface area contributed by atoms with E-state index in [1.807, 2.05) is 5.38 Å². The zero-order valence-corrected chi connectivity index (χ0v) is 21.9. The van der Waals surface area contributed by atoms with Crippen LogP contribution in [0, 0.1) is 17.8 Å². The van der Waals surface area contributed by atoms with Crippen LogP contribution in [0.2, 0.25) is 0 Å². The Kier molecular flexibility index (Phi) is 5.58. The van der Waals surface area contributed by atoms with E-state index in [0.29, 0.717) is 28.4 Å². The van der Waals surface area contributed by atoms with E-state index >= 15 is 0 Å². The summed E-state index contributed by atoms with van der Waals surface area (Å²) in [5, 5.41) is 8.01. The Labute approximate surface area is 224 Å². The fraction of sp³-hybridized carbons (Fsp3) is 0.536. The number of ether oxygens (including phenoxy) is 1. The van der Waals surface area contributed by atoms with Crippen molar-refractivity contribution in [2.45, 2.75) is 76.1 Å². The van der Waals surface area contributed by atoms with E-state index < -0.39 is 11.9 Å². The van der Waals surface area contributed by atoms with Crippen LogP contribution in [0.15, 0.2) is 23.6 Å². The van der Waals surface area contributed by atoms with Gasteiger partial charge in [-0.1, -0.05) is 6.07 Å². The highest BCUT2D eigenvalue weighted by Crippen LogP contribution is 2.55. The number of aromatic nitrogens is 1. The first-order valence-corrected chi connectivity index (χ1v) is 14.4. The molecular formula is C28H30N4O5S. The van der Waals surface area contributed by atoms with Gasteiger partial charge in [0, 0.05) is 28.5 Å². The molecule has 4 aliphatic carbocycles. The Hall–Kier alpha value is -3.27. The molecule has 1 atom stereocenters. The van der Waals surface area contributed by atoms with Gasteiger partial charge in [0.1, 0.15) is 18.4 Å². The summed E-state index contributed by atoms with van der Waals surface area (Å²) in [7, 11) is 0. The van der Waals surface area contributed by atoms with Crippen molar-refractivity contribution in [1.82, 2.24) is 20.5 Å². The largest absolute Gasteiger partial charge is 0.487 e. The van der Waals surface area contributed by atoms with E-state index in [2.05, 4.69) is 15.6 Å². The Morgan fingerprint density at radius 3 is 2.58 bits per heavy atom. The van der Waals surface area contributed by atoms with Crippen molar-refractivity contribution in [2.24, 2.45) is 17.8 Å². The topological polar surface area (TPSA) is 118 Å². The third-order valence-electron chi connectivity index (χ3n) is 9.08. The van der Waals surface area contributed by atoms with Crippen LogP contribution < -0.4 is 15.4 Å². The Bertz CT molecular complexity index is 1320. The van der Waals surface area contributed by atoms with Gasteiger partial charge in [-0.15, -0.1) is 11.3 Å². The standard InChI is InChI=1S/C28H30N4O5S/c33-23-5-4-21(24(34)30-23)32-12-20-19(27(32)36)2-1-3-22(20)37-13-18-14-38-26(29-18)25(35)31-28-9-15-6-16(10-28)8-17(7-15)11-28/h1-3,14-17,21H,4-13H2,(H,31,35)(H,30,33,34). The predicted molar refractivity (Wildman–Crippen MR) is 137 cm³/mol. The van der Waals surface area contributed by atoms with Gasteiger partial charge in [-0.05, 0) is 74.8 Å². The molecule has 4 saturated carbocycles. The van der Waals surface area contributed by atoms with Crippen LogP contribution >= 0.6 is 11.3 Å². The van der Waals surface area contributed by atoms with Crippen molar-refractivity contribution in [3.05, 3.63) is 45.4 Å². The molecule has 1 saturated heterocycles. The highest BCUT2D eigenvalue weighted by Gasteiger charge is 2.51. The number of benzene rings is 1. The molecule has 4 bridgehead atoms. The first-order chi connectivity index (χ1) is 18.4. The smallest absolute Gasteiger partial charge is 0.280 e. The van der Waals surface area contributed by atoms with Crippen molar-refractivity contribution in [3.63, 3.8) is 0 Å². The second kappa shape index (κ2) is 8.90. The molecule has 5 fully saturated rings. The Morgan fingerprint density at radius 1 is 1.13 bits per heavy atom. The van der Waals surface area contributed by atoms with Crippen LogP contribution in [-0.2, 0) is 22.7 Å². The lowest BCUT2D eigenvalue weighted by Gasteiger charge is -2.56. The molecule has 2 N–H and O–H groups in total. The fourth-order valence-corrected chi connectivity index (χ4v) is 8.58. The van der Waals surface area contributed by atoms with Crippen LogP contribution in [0.3, 0.4) is 0 Å². The number of carbonyl (C=O) groups excluding carboxylic acids is 4. The van der Waals surface area contributed by atoms with Gasteiger partial charge in [0.05, 0.1) is 12.2 Å². The number of imide groups is 1. The second-order valence-corrected chi connectivity index (χ2v) is 12.6. The van der Waals surface area contributed by atoms with Gasteiger partial charge in [0.25, 0.3) is 11.8 Å². The first-order valence-electron chi connectivity index (χ1n) is 13.5. The van der Waals surface area contributed by atoms with Crippen LogP contribution in [-0.4, -0.2) is 45.1 Å². The van der Waals surface area contributed by atoms with Crippen LogP contribution in [0.1, 0.15) is 82.8 Å². The predicted octanol–water partition coefficient (Wildman–Crippen LogP) is 3.18. The Morgan fingerprint density at radius 2 is 1.87 bits per heavy atom. The molecule has 1 aromatic carbocycles. The molecule has 198 valence electrons. The molecule has 9 nitrogen and oxygen atoms in total. The maximum atomic E-state index is 13.1. The van der Waals surface area contributed by atoms with Gasteiger partial charge in [-0.3, -0.25) is 24.5 Å². The zero-order valence-electron chi connectivity index (χ0n) is 21.0. The van der Waals surface area contributed by atoms with Crippen molar-refractivity contribution in [2.75, 3.05) is 0 Å². The van der Waals surface area contributed by atoms with Gasteiger partial charge in [-0.25, -0.2) is 4.98 Å². The molecule has 10 heteroatoms. The Balaban J connectivity index is 1.01. The molecular weight excluding hydrogens is 504 g/mol. The lowest BCUT2D eigenvalue weighted by atomic mass is 9.53. The van der Waals surface area contributed by atoms with Crippen molar-refractivity contribution in [1.29, 1.82) is 0 Å². The molecule has 8 rings (SSSR count). The molecule has 4 amide bonds. The summed E-state index contributed by atoms with van der Waals surface area (Å²) < 4.78 is 6.07. The van der Waals surface area contributed by atoms with E-state index in [1.165, 1.54) is 35.5 Å². The summed E-state index contributed by atoms with van der Waals surface area (Å²) in [5.41, 5.74) is 1.83. The number of hydrogen-bond donors (Lipinski definition) is 2. The summed E-state index contributed by atoms with van der Waals surface area (Å²) in [6, 6.07) is 4.61. The van der Waals surface area contributed by atoms with E-state index in [-0.39, 0.29) is 42.8 Å². The number of rotatable bonds is 6. The van der Waals surface area contributed by atoms with Gasteiger partial charge >= 0.3 is 0 Å². The minimum absolute atomic E-state index is 0.0559. The normalized spacial score (nSPS) is 31.4. The van der Waals surface area contributed by atoms with E-state index in [4.69, 9.17) is 4.74 Å². The zero-order chi connectivity index (χ0) is 26.0. The number of fused-ring (bicyclic) bond motifs is 1. The maximum absolute atomic E-state index is 13.1. The lowest BCUT2D eigenvalue weighted by Crippen LogP contribution is -2.59. The molecule has 0 radical (unpaired) electrons. The molecule has 2 aromatic rings. The molecule has 3 heterocycles. The van der Waals surface area contributed by atoms with E-state index in [9.17, 15) is 19.2 Å². The number of hydrogen-bond acceptors (Lipinski definition) is 7. The molecule has 1 unspecified atom stereocenters. The quantitative estimate of drug-likeness (QED) is 0.550. The van der Waals surface area contributed by atoms with E-state index in [1.54, 1.807) is 18.2 Å². The third-order valence-corrected chi connectivity index (χ3v) is 9.97. The lowest BCUT2D eigenvalue weighted by molar-refractivity contribution is -0.136. The molecule has 6 aliphatic rings. The van der Waals surface area contributed by atoms with E-state index in [0.717, 1.165) is 42.6 Å². The van der Waals surface area contributed by atoms with Crippen molar-refractivity contribution < 1.29 is 23.9 Å². The number of nitrogens with zero attached hydrogens (tertiary/aromatic N) is 2. The first kappa shape index (κ1) is 23.8. The number of piperidine rings is 1. The number of nitrogens with one attached hydrogen (secondary N) is 2. The summed E-state index contributed by atoms with van der Waals surface area (Å²) in [6.07, 6.45) is 7.80. The third kappa shape index (κ3) is 4.09. The maximum Gasteiger partial charge on any atom is 0.280 e. The monoisotopic (exact) mass is 534 g/mol. The number of carbonyl (C=O) groups is 4. The fourth-order valence-electron chi connectivity index (χ4n) is 7.88. The van der Waals surface area contributed by atoms with Gasteiger partial charge in [-0.2, -0.15) is 0 Å². The summed E-state index contributed by atoms with van der Waals surface area (Å²) in [4.78, 5) is 56.1. The van der Waals surface area contributed by atoms with Crippen molar-refractivity contribution in [3.8, 4) is 5.75 Å².